The van der Waals surface area contributed by atoms with Gasteiger partial charge in [0.15, 0.2) is 0 Å². The van der Waals surface area contributed by atoms with E-state index in [4.69, 9.17) is 0 Å². The molecule has 0 saturated carbocycles. The van der Waals surface area contributed by atoms with Crippen LogP contribution in [0.1, 0.15) is 40.4 Å². The van der Waals surface area contributed by atoms with Crippen LogP contribution in [0, 0.1) is 6.92 Å². The predicted octanol–water partition coefficient (Wildman–Crippen LogP) is 1.83. The topological polar surface area (TPSA) is 79.3 Å². The molecule has 0 radical (unpaired) electrons. The monoisotopic (exact) mass is 405 g/mol. The molecule has 0 spiro atoms. The maximum absolute atomic E-state index is 12.9. The van der Waals surface area contributed by atoms with Crippen LogP contribution in [0.4, 0.5) is 0 Å². The quantitative estimate of drug-likeness (QED) is 0.795. The van der Waals surface area contributed by atoms with Crippen molar-refractivity contribution in [2.45, 2.75) is 31.8 Å². The lowest BCUT2D eigenvalue weighted by molar-refractivity contribution is -0.134. The average Bonchev–Trinajstić information content (AvgIpc) is 3.09. The highest BCUT2D eigenvalue weighted by Gasteiger charge is 2.29. The molecule has 3 rings (SSSR count). The van der Waals surface area contributed by atoms with E-state index in [1.54, 1.807) is 17.9 Å². The van der Waals surface area contributed by atoms with Crippen molar-refractivity contribution >= 4 is 24.2 Å². The van der Waals surface area contributed by atoms with Crippen LogP contribution >= 0.6 is 12.4 Å². The highest BCUT2D eigenvalue weighted by Crippen LogP contribution is 2.19. The van der Waals surface area contributed by atoms with Crippen LogP contribution in [-0.2, 0) is 11.8 Å². The highest BCUT2D eigenvalue weighted by molar-refractivity contribution is 5.95. The van der Waals surface area contributed by atoms with Gasteiger partial charge in [-0.15, -0.1) is 12.4 Å². The summed E-state index contributed by atoms with van der Waals surface area (Å²) in [6, 6.07) is 7.28. The normalized spacial score (nSPS) is 15.6. The molecule has 1 aromatic carbocycles. The van der Waals surface area contributed by atoms with Crippen molar-refractivity contribution in [3.8, 4) is 0 Å². The zero-order valence-corrected chi connectivity index (χ0v) is 17.3. The summed E-state index contributed by atoms with van der Waals surface area (Å²) in [4.78, 5) is 27.2. The fourth-order valence-corrected chi connectivity index (χ4v) is 3.54. The van der Waals surface area contributed by atoms with Gasteiger partial charge in [0, 0.05) is 43.5 Å². The van der Waals surface area contributed by atoms with Crippen LogP contribution < -0.4 is 10.6 Å². The van der Waals surface area contributed by atoms with Crippen molar-refractivity contribution < 1.29 is 9.59 Å². The molecule has 0 aliphatic carbocycles. The second kappa shape index (κ2) is 9.71. The van der Waals surface area contributed by atoms with Gasteiger partial charge in [0.1, 0.15) is 6.04 Å². The second-order valence-corrected chi connectivity index (χ2v) is 7.06. The molecule has 2 N–H and O–H groups in total. The van der Waals surface area contributed by atoms with E-state index in [9.17, 15) is 9.59 Å². The number of halogens is 1. The molecule has 2 heterocycles. The molecule has 28 heavy (non-hydrogen) atoms. The van der Waals surface area contributed by atoms with Gasteiger partial charge in [-0.3, -0.25) is 14.3 Å². The first-order valence-corrected chi connectivity index (χ1v) is 9.30. The van der Waals surface area contributed by atoms with Gasteiger partial charge in [0.2, 0.25) is 5.91 Å². The average molecular weight is 406 g/mol. The van der Waals surface area contributed by atoms with Gasteiger partial charge in [0.25, 0.3) is 5.91 Å². The van der Waals surface area contributed by atoms with Gasteiger partial charge in [0.05, 0.1) is 6.20 Å². The largest absolute Gasteiger partial charge is 0.349 e. The van der Waals surface area contributed by atoms with Crippen molar-refractivity contribution in [1.82, 2.24) is 25.3 Å². The Morgan fingerprint density at radius 2 is 1.89 bits per heavy atom. The van der Waals surface area contributed by atoms with Gasteiger partial charge in [-0.1, -0.05) is 18.2 Å². The van der Waals surface area contributed by atoms with E-state index in [0.29, 0.717) is 18.7 Å². The molecule has 1 aliphatic rings. The smallest absolute Gasteiger partial charge is 0.251 e. The van der Waals surface area contributed by atoms with E-state index in [-0.39, 0.29) is 30.3 Å². The molecule has 2 aromatic rings. The number of nitrogens with zero attached hydrogens (tertiary/aromatic N) is 3. The molecule has 0 bridgehead atoms. The van der Waals surface area contributed by atoms with E-state index < -0.39 is 6.04 Å². The van der Waals surface area contributed by atoms with Gasteiger partial charge in [-0.25, -0.2) is 0 Å². The summed E-state index contributed by atoms with van der Waals surface area (Å²) in [6.07, 6.45) is 5.09. The summed E-state index contributed by atoms with van der Waals surface area (Å²) < 4.78 is 1.69. The van der Waals surface area contributed by atoms with Crippen LogP contribution in [0.5, 0.6) is 0 Å². The van der Waals surface area contributed by atoms with Crippen molar-refractivity contribution in [2.75, 3.05) is 20.1 Å². The predicted molar refractivity (Wildman–Crippen MR) is 111 cm³/mol. The maximum atomic E-state index is 12.9. The summed E-state index contributed by atoms with van der Waals surface area (Å²) in [7, 11) is 3.62. The molecule has 2 amide bonds. The Kier molecular flexibility index (Phi) is 7.60. The first-order chi connectivity index (χ1) is 13.0. The van der Waals surface area contributed by atoms with E-state index in [1.807, 2.05) is 49.3 Å². The minimum Gasteiger partial charge on any atom is -0.349 e. The molecule has 1 atom stereocenters. The van der Waals surface area contributed by atoms with Crippen molar-refractivity contribution in [2.24, 2.45) is 7.05 Å². The molecule has 8 heteroatoms. The van der Waals surface area contributed by atoms with Crippen LogP contribution in [0.3, 0.4) is 0 Å². The number of carbonyl (C=O) groups excluding carboxylic acids is 2. The Balaban J connectivity index is 0.00000280. The fraction of sp³-hybridized carbons (Fsp3) is 0.450. The number of piperidine rings is 1. The van der Waals surface area contributed by atoms with Crippen LogP contribution in [-0.4, -0.2) is 52.7 Å². The van der Waals surface area contributed by atoms with Crippen molar-refractivity contribution in [3.63, 3.8) is 0 Å². The Bertz CT molecular complexity index is 814. The minimum atomic E-state index is -0.392. The third-order valence-corrected chi connectivity index (χ3v) is 5.13. The number of aromatic nitrogens is 2. The number of rotatable bonds is 5. The van der Waals surface area contributed by atoms with Gasteiger partial charge >= 0.3 is 0 Å². The van der Waals surface area contributed by atoms with Crippen LogP contribution in [0.2, 0.25) is 0 Å². The van der Waals surface area contributed by atoms with Crippen LogP contribution in [0.15, 0.2) is 36.7 Å². The van der Waals surface area contributed by atoms with E-state index in [0.717, 1.165) is 24.0 Å². The van der Waals surface area contributed by atoms with Gasteiger partial charge in [-0.2, -0.15) is 5.10 Å². The second-order valence-electron chi connectivity index (χ2n) is 7.06. The number of amides is 2. The molecule has 1 fully saturated rings. The number of carbonyl (C=O) groups is 2. The molecule has 7 nitrogen and oxygen atoms in total. The Morgan fingerprint density at radius 1 is 1.21 bits per heavy atom. The van der Waals surface area contributed by atoms with E-state index in [1.165, 1.54) is 0 Å². The Hall–Kier alpha value is -2.38. The molecule has 1 aliphatic heterocycles. The summed E-state index contributed by atoms with van der Waals surface area (Å²) in [5, 5.41) is 10.3. The summed E-state index contributed by atoms with van der Waals surface area (Å²) in [6.45, 7) is 3.21. The minimum absolute atomic E-state index is 0. The molecular weight excluding hydrogens is 378 g/mol. The Morgan fingerprint density at radius 3 is 2.46 bits per heavy atom. The molecule has 1 saturated heterocycles. The first-order valence-electron chi connectivity index (χ1n) is 9.30. The lowest BCUT2D eigenvalue weighted by Gasteiger charge is -2.34. The number of aryl methyl sites for hydroxylation is 2. The lowest BCUT2D eigenvalue weighted by atomic mass is 10.0. The van der Waals surface area contributed by atoms with Crippen molar-refractivity contribution in [1.29, 1.82) is 0 Å². The SMILES string of the molecule is CNC(C(=O)N1CCC(NC(=O)c2ccccc2C)CC1)c1cnn(C)c1.Cl. The third kappa shape index (κ3) is 4.91. The first kappa shape index (κ1) is 21.9. The number of benzene rings is 1. The number of hydrogen-bond donors (Lipinski definition) is 2. The molecule has 1 unspecified atom stereocenters. The zero-order chi connectivity index (χ0) is 19.4. The maximum Gasteiger partial charge on any atom is 0.251 e. The van der Waals surface area contributed by atoms with Crippen molar-refractivity contribution in [3.05, 3.63) is 53.3 Å². The van der Waals surface area contributed by atoms with E-state index in [2.05, 4.69) is 15.7 Å². The van der Waals surface area contributed by atoms with Gasteiger partial charge < -0.3 is 15.5 Å². The highest BCUT2D eigenvalue weighted by atomic mass is 35.5. The number of likely N-dealkylation sites (tertiary alicyclic amines) is 1. The third-order valence-electron chi connectivity index (χ3n) is 5.13. The lowest BCUT2D eigenvalue weighted by Crippen LogP contribution is -2.49. The number of nitrogens with one attached hydrogen (secondary N) is 2. The zero-order valence-electron chi connectivity index (χ0n) is 16.5. The number of likely N-dealkylation sites (N-methyl/N-ethyl adjacent to an activating group) is 1. The Labute approximate surface area is 171 Å². The molecule has 152 valence electrons. The summed E-state index contributed by atoms with van der Waals surface area (Å²) >= 11 is 0. The molecular formula is C20H28ClN5O2. The van der Waals surface area contributed by atoms with Crippen LogP contribution in [0.25, 0.3) is 0 Å². The molecule has 1 aromatic heterocycles. The standard InChI is InChI=1S/C20H27N5O2.ClH/c1-14-6-4-5-7-17(14)19(26)23-16-8-10-25(11-9-16)20(27)18(21-2)15-12-22-24(3)13-15;/h4-7,12-13,16,18,21H,8-11H2,1-3H3,(H,23,26);1H. The summed E-state index contributed by atoms with van der Waals surface area (Å²) in [5.41, 5.74) is 2.54. The van der Waals surface area contributed by atoms with Gasteiger partial charge in [-0.05, 0) is 38.4 Å². The fourth-order valence-electron chi connectivity index (χ4n) is 3.54. The summed E-state index contributed by atoms with van der Waals surface area (Å²) in [5.74, 6) is 0.00974. The van der Waals surface area contributed by atoms with E-state index >= 15 is 0 Å². The number of hydrogen-bond acceptors (Lipinski definition) is 4.